The van der Waals surface area contributed by atoms with E-state index in [1.54, 1.807) is 4.57 Å². The molecule has 1 unspecified atom stereocenters. The Bertz CT molecular complexity index is 824. The number of carbonyl (C=O) groups is 1. The van der Waals surface area contributed by atoms with Gasteiger partial charge in [0.05, 0.1) is 11.0 Å². The maximum atomic E-state index is 12.9. The molecule has 2 heterocycles. The van der Waals surface area contributed by atoms with E-state index in [1.807, 2.05) is 43.3 Å². The van der Waals surface area contributed by atoms with Crippen LogP contribution in [0, 0.1) is 0 Å². The van der Waals surface area contributed by atoms with Crippen LogP contribution >= 0.6 is 0 Å². The Labute approximate surface area is 141 Å². The van der Waals surface area contributed by atoms with E-state index in [0.717, 1.165) is 34.9 Å². The molecule has 0 amide bonds. The fraction of sp³-hybridized carbons (Fsp3) is 0.350. The topological polar surface area (TPSA) is 34.5 Å². The third kappa shape index (κ3) is 2.57. The van der Waals surface area contributed by atoms with Gasteiger partial charge in [-0.05, 0) is 31.9 Å². The monoisotopic (exact) mass is 322 g/mol. The first-order valence-electron chi connectivity index (χ1n) is 8.69. The molecule has 1 saturated heterocycles. The Morgan fingerprint density at radius 2 is 1.46 bits per heavy atom. The average Bonchev–Trinajstić information content (AvgIpc) is 2.97. The first-order chi connectivity index (χ1) is 11.8. The Morgan fingerprint density at radius 1 is 0.917 bits per heavy atom. The van der Waals surface area contributed by atoms with Crippen molar-refractivity contribution in [2.75, 3.05) is 13.1 Å². The minimum atomic E-state index is -0.300. The van der Waals surface area contributed by atoms with Crippen molar-refractivity contribution in [3.8, 4) is 0 Å². The van der Waals surface area contributed by atoms with E-state index >= 15 is 0 Å². The molecule has 2 aromatic carbocycles. The number of likely N-dealkylation sites (tertiary alicyclic amines) is 1. The number of ether oxygens (including phenoxy) is 1. The highest BCUT2D eigenvalue weighted by molar-refractivity contribution is 6.12. The van der Waals surface area contributed by atoms with Gasteiger partial charge >= 0.3 is 6.09 Å². The van der Waals surface area contributed by atoms with Gasteiger partial charge in [-0.25, -0.2) is 9.36 Å². The maximum Gasteiger partial charge on any atom is 0.420 e. The summed E-state index contributed by atoms with van der Waals surface area (Å²) in [6.07, 6.45) is 3.13. The van der Waals surface area contributed by atoms with E-state index in [9.17, 15) is 4.79 Å². The molecule has 0 radical (unpaired) electrons. The highest BCUT2D eigenvalue weighted by Gasteiger charge is 2.23. The molecule has 0 spiro atoms. The number of carbonyl (C=O) groups excluding carboxylic acids is 1. The van der Waals surface area contributed by atoms with Crippen molar-refractivity contribution in [1.82, 2.24) is 9.47 Å². The van der Waals surface area contributed by atoms with Crippen LogP contribution in [0.3, 0.4) is 0 Å². The second kappa shape index (κ2) is 6.29. The number of benzene rings is 2. The number of piperidine rings is 1. The second-order valence-electron chi connectivity index (χ2n) is 6.45. The van der Waals surface area contributed by atoms with Crippen molar-refractivity contribution in [3.05, 3.63) is 48.5 Å². The van der Waals surface area contributed by atoms with E-state index in [0.29, 0.717) is 0 Å². The predicted molar refractivity (Wildman–Crippen MR) is 96.2 cm³/mol. The lowest BCUT2D eigenvalue weighted by Gasteiger charge is -2.31. The van der Waals surface area contributed by atoms with Gasteiger partial charge in [0.15, 0.2) is 6.23 Å². The van der Waals surface area contributed by atoms with Gasteiger partial charge in [0.25, 0.3) is 0 Å². The van der Waals surface area contributed by atoms with Crippen molar-refractivity contribution in [3.63, 3.8) is 0 Å². The summed E-state index contributed by atoms with van der Waals surface area (Å²) in [6, 6.07) is 16.0. The molecule has 4 heteroatoms. The fourth-order valence-corrected chi connectivity index (χ4v) is 3.67. The molecule has 4 rings (SSSR count). The Balaban J connectivity index is 1.70. The van der Waals surface area contributed by atoms with Crippen LogP contribution in [0.1, 0.15) is 26.2 Å². The predicted octanol–water partition coefficient (Wildman–Crippen LogP) is 4.61. The van der Waals surface area contributed by atoms with E-state index in [-0.39, 0.29) is 12.3 Å². The molecular formula is C20H22N2O2. The number of para-hydroxylation sites is 2. The minimum Gasteiger partial charge on any atom is -0.430 e. The van der Waals surface area contributed by atoms with Crippen LogP contribution in [0.4, 0.5) is 4.79 Å². The average molecular weight is 322 g/mol. The van der Waals surface area contributed by atoms with Gasteiger partial charge in [0, 0.05) is 23.9 Å². The van der Waals surface area contributed by atoms with Gasteiger partial charge in [0.2, 0.25) is 0 Å². The number of hydrogen-bond acceptors (Lipinski definition) is 3. The lowest BCUT2D eigenvalue weighted by atomic mass is 10.1. The summed E-state index contributed by atoms with van der Waals surface area (Å²) in [5.74, 6) is 0. The fourth-order valence-electron chi connectivity index (χ4n) is 3.67. The van der Waals surface area contributed by atoms with Crippen molar-refractivity contribution >= 4 is 27.9 Å². The molecule has 24 heavy (non-hydrogen) atoms. The van der Waals surface area contributed by atoms with Crippen LogP contribution in [-0.4, -0.2) is 34.9 Å². The normalized spacial score (nSPS) is 17.2. The van der Waals surface area contributed by atoms with Crippen molar-refractivity contribution in [1.29, 1.82) is 0 Å². The number of nitrogens with zero attached hydrogens (tertiary/aromatic N) is 2. The zero-order valence-corrected chi connectivity index (χ0v) is 13.9. The molecular weight excluding hydrogens is 300 g/mol. The number of fused-ring (bicyclic) bond motifs is 3. The molecule has 124 valence electrons. The third-order valence-electron chi connectivity index (χ3n) is 4.94. The summed E-state index contributed by atoms with van der Waals surface area (Å²) < 4.78 is 7.50. The van der Waals surface area contributed by atoms with E-state index in [2.05, 4.69) is 17.0 Å². The first kappa shape index (κ1) is 15.2. The first-order valence-corrected chi connectivity index (χ1v) is 8.69. The van der Waals surface area contributed by atoms with E-state index in [4.69, 9.17) is 4.74 Å². The molecule has 0 bridgehead atoms. The Morgan fingerprint density at radius 3 is 2.04 bits per heavy atom. The van der Waals surface area contributed by atoms with Crippen LogP contribution in [0.5, 0.6) is 0 Å². The quantitative estimate of drug-likeness (QED) is 0.691. The number of hydrogen-bond donors (Lipinski definition) is 0. The highest BCUT2D eigenvalue weighted by Crippen LogP contribution is 2.29. The summed E-state index contributed by atoms with van der Waals surface area (Å²) in [5, 5.41) is 2.16. The minimum absolute atomic E-state index is 0.197. The van der Waals surface area contributed by atoms with Gasteiger partial charge in [-0.2, -0.15) is 0 Å². The molecule has 1 aliphatic heterocycles. The lowest BCUT2D eigenvalue weighted by molar-refractivity contribution is -0.00920. The summed E-state index contributed by atoms with van der Waals surface area (Å²) >= 11 is 0. The molecule has 1 aromatic heterocycles. The van der Waals surface area contributed by atoms with Gasteiger partial charge in [-0.15, -0.1) is 0 Å². The maximum absolute atomic E-state index is 12.9. The van der Waals surface area contributed by atoms with Crippen molar-refractivity contribution < 1.29 is 9.53 Å². The number of aromatic nitrogens is 1. The molecule has 1 fully saturated rings. The van der Waals surface area contributed by atoms with E-state index in [1.165, 1.54) is 19.3 Å². The molecule has 1 atom stereocenters. The van der Waals surface area contributed by atoms with Gasteiger partial charge in [-0.3, -0.25) is 4.90 Å². The van der Waals surface area contributed by atoms with Crippen LogP contribution < -0.4 is 0 Å². The summed E-state index contributed by atoms with van der Waals surface area (Å²) in [5.41, 5.74) is 1.80. The second-order valence-corrected chi connectivity index (χ2v) is 6.45. The number of rotatable bonds is 2. The van der Waals surface area contributed by atoms with Crippen LogP contribution in [0.15, 0.2) is 48.5 Å². The molecule has 0 saturated carbocycles. The summed E-state index contributed by atoms with van der Waals surface area (Å²) in [4.78, 5) is 15.1. The smallest absolute Gasteiger partial charge is 0.420 e. The lowest BCUT2D eigenvalue weighted by Crippen LogP contribution is -2.40. The molecule has 0 aliphatic carbocycles. The van der Waals surface area contributed by atoms with Crippen molar-refractivity contribution in [2.45, 2.75) is 32.4 Å². The zero-order chi connectivity index (χ0) is 16.5. The zero-order valence-electron chi connectivity index (χ0n) is 13.9. The van der Waals surface area contributed by atoms with Crippen LogP contribution in [-0.2, 0) is 4.74 Å². The van der Waals surface area contributed by atoms with Crippen LogP contribution in [0.2, 0.25) is 0 Å². The highest BCUT2D eigenvalue weighted by atomic mass is 16.6. The Hall–Kier alpha value is -2.33. The molecule has 0 N–H and O–H groups in total. The summed E-state index contributed by atoms with van der Waals surface area (Å²) in [6.45, 7) is 3.97. The standard InChI is InChI=1S/C20H22N2O2/c1-15(21-13-7-2-8-14-21)24-20(23)22-18-11-5-3-9-16(18)17-10-4-6-12-19(17)22/h3-6,9-12,15H,2,7-8,13-14H2,1H3. The largest absolute Gasteiger partial charge is 0.430 e. The van der Waals surface area contributed by atoms with E-state index < -0.39 is 0 Å². The van der Waals surface area contributed by atoms with Crippen molar-refractivity contribution in [2.24, 2.45) is 0 Å². The SMILES string of the molecule is CC(OC(=O)n1c2ccccc2c2ccccc21)N1CCCCC1. The third-order valence-corrected chi connectivity index (χ3v) is 4.94. The molecule has 1 aliphatic rings. The van der Waals surface area contributed by atoms with Gasteiger partial charge in [-0.1, -0.05) is 42.8 Å². The van der Waals surface area contributed by atoms with Crippen LogP contribution in [0.25, 0.3) is 21.8 Å². The Kier molecular flexibility index (Phi) is 3.98. The molecule has 3 aromatic rings. The summed E-state index contributed by atoms with van der Waals surface area (Å²) in [7, 11) is 0. The van der Waals surface area contributed by atoms with Gasteiger partial charge < -0.3 is 4.74 Å². The van der Waals surface area contributed by atoms with Gasteiger partial charge in [0.1, 0.15) is 0 Å². The molecule has 4 nitrogen and oxygen atoms in total.